The third kappa shape index (κ3) is 3.11. The van der Waals surface area contributed by atoms with E-state index in [1.807, 2.05) is 11.4 Å². The number of nitrogens with zero attached hydrogens (tertiary/aromatic N) is 1. The lowest BCUT2D eigenvalue weighted by Gasteiger charge is -2.20. The van der Waals surface area contributed by atoms with Gasteiger partial charge in [0.05, 0.1) is 6.61 Å². The number of rotatable bonds is 5. The maximum Gasteiger partial charge on any atom is 0.325 e. The van der Waals surface area contributed by atoms with Crippen LogP contribution in [0.3, 0.4) is 0 Å². The van der Waals surface area contributed by atoms with E-state index in [9.17, 15) is 9.59 Å². The normalized spacial score (nSPS) is 14.3. The minimum absolute atomic E-state index is 0.0433. The summed E-state index contributed by atoms with van der Waals surface area (Å²) >= 11 is 4.73. The van der Waals surface area contributed by atoms with Crippen molar-refractivity contribution in [2.45, 2.75) is 25.8 Å². The number of halogens is 1. The van der Waals surface area contributed by atoms with Crippen molar-refractivity contribution in [1.82, 2.24) is 4.90 Å². The van der Waals surface area contributed by atoms with Gasteiger partial charge in [-0.05, 0) is 47.1 Å². The number of carbonyl (C=O) groups is 2. The van der Waals surface area contributed by atoms with Gasteiger partial charge in [-0.15, -0.1) is 11.3 Å². The van der Waals surface area contributed by atoms with Crippen LogP contribution >= 0.6 is 27.3 Å². The molecule has 0 unspecified atom stereocenters. The Kier molecular flexibility index (Phi) is 4.40. The molecule has 1 fully saturated rings. The second-order valence-electron chi connectivity index (χ2n) is 4.07. The van der Waals surface area contributed by atoms with Crippen molar-refractivity contribution in [3.63, 3.8) is 0 Å². The number of thiophene rings is 1. The van der Waals surface area contributed by atoms with E-state index in [0.29, 0.717) is 11.5 Å². The van der Waals surface area contributed by atoms with Crippen molar-refractivity contribution in [3.8, 4) is 0 Å². The molecule has 0 spiro atoms. The number of carbonyl (C=O) groups excluding carboxylic acids is 2. The molecule has 18 heavy (non-hydrogen) atoms. The summed E-state index contributed by atoms with van der Waals surface area (Å²) in [6.45, 7) is 2.15. The van der Waals surface area contributed by atoms with Crippen molar-refractivity contribution in [2.24, 2.45) is 0 Å². The Morgan fingerprint density at radius 3 is 2.78 bits per heavy atom. The van der Waals surface area contributed by atoms with Gasteiger partial charge >= 0.3 is 5.97 Å². The molecular weight excluding hydrogens is 318 g/mol. The molecule has 1 aliphatic carbocycles. The molecule has 1 saturated carbocycles. The first-order chi connectivity index (χ1) is 8.63. The standard InChI is InChI=1S/C12H14BrNO3S/c1-2-17-10(15)7-14(8-3-4-8)12(16)11-9(13)5-6-18-11/h5-6,8H,2-4,7H2,1H3. The quantitative estimate of drug-likeness (QED) is 0.779. The largest absolute Gasteiger partial charge is 0.465 e. The maximum atomic E-state index is 12.3. The SMILES string of the molecule is CCOC(=O)CN(C(=O)c1sccc1Br)C1CC1. The topological polar surface area (TPSA) is 46.6 Å². The minimum atomic E-state index is -0.342. The summed E-state index contributed by atoms with van der Waals surface area (Å²) in [5.41, 5.74) is 0. The average molecular weight is 332 g/mol. The summed E-state index contributed by atoms with van der Waals surface area (Å²) in [6.07, 6.45) is 1.93. The molecule has 6 heteroatoms. The Bertz CT molecular complexity index is 456. The van der Waals surface area contributed by atoms with Gasteiger partial charge in [-0.1, -0.05) is 0 Å². The highest BCUT2D eigenvalue weighted by Crippen LogP contribution is 2.31. The zero-order chi connectivity index (χ0) is 13.1. The van der Waals surface area contributed by atoms with Crippen LogP contribution in [0.2, 0.25) is 0 Å². The fourth-order valence-corrected chi connectivity index (χ4v) is 3.17. The number of amides is 1. The van der Waals surface area contributed by atoms with Gasteiger partial charge in [0.2, 0.25) is 0 Å². The first-order valence-electron chi connectivity index (χ1n) is 5.83. The van der Waals surface area contributed by atoms with E-state index in [0.717, 1.165) is 17.3 Å². The van der Waals surface area contributed by atoms with E-state index in [1.165, 1.54) is 11.3 Å². The van der Waals surface area contributed by atoms with Crippen molar-refractivity contribution in [1.29, 1.82) is 0 Å². The van der Waals surface area contributed by atoms with Crippen LogP contribution < -0.4 is 0 Å². The fraction of sp³-hybridized carbons (Fsp3) is 0.500. The smallest absolute Gasteiger partial charge is 0.325 e. The third-order valence-electron chi connectivity index (χ3n) is 2.66. The Balaban J connectivity index is 2.08. The molecule has 1 aromatic rings. The van der Waals surface area contributed by atoms with Crippen LogP contribution in [0.15, 0.2) is 15.9 Å². The molecule has 1 amide bonds. The van der Waals surface area contributed by atoms with E-state index in [-0.39, 0.29) is 24.5 Å². The van der Waals surface area contributed by atoms with Crippen LogP contribution in [0.5, 0.6) is 0 Å². The van der Waals surface area contributed by atoms with E-state index in [1.54, 1.807) is 11.8 Å². The molecule has 1 heterocycles. The molecule has 0 aromatic carbocycles. The van der Waals surface area contributed by atoms with Crippen LogP contribution in [-0.2, 0) is 9.53 Å². The van der Waals surface area contributed by atoms with E-state index < -0.39 is 0 Å². The summed E-state index contributed by atoms with van der Waals surface area (Å²) in [4.78, 5) is 26.1. The Hall–Kier alpha value is -0.880. The van der Waals surface area contributed by atoms with Gasteiger partial charge in [-0.25, -0.2) is 0 Å². The highest BCUT2D eigenvalue weighted by molar-refractivity contribution is 9.10. The number of ether oxygens (including phenoxy) is 1. The van der Waals surface area contributed by atoms with Crippen molar-refractivity contribution < 1.29 is 14.3 Å². The molecule has 0 radical (unpaired) electrons. The fourth-order valence-electron chi connectivity index (χ4n) is 1.68. The van der Waals surface area contributed by atoms with Crippen LogP contribution in [0.4, 0.5) is 0 Å². The second-order valence-corrected chi connectivity index (χ2v) is 5.84. The minimum Gasteiger partial charge on any atom is -0.465 e. The lowest BCUT2D eigenvalue weighted by molar-refractivity contribution is -0.143. The maximum absolute atomic E-state index is 12.3. The van der Waals surface area contributed by atoms with Gasteiger partial charge < -0.3 is 9.64 Å². The molecule has 2 rings (SSSR count). The lowest BCUT2D eigenvalue weighted by atomic mass is 10.3. The monoisotopic (exact) mass is 331 g/mol. The Labute approximate surface area is 118 Å². The van der Waals surface area contributed by atoms with Crippen LogP contribution in [0.1, 0.15) is 29.4 Å². The molecule has 0 atom stereocenters. The third-order valence-corrected chi connectivity index (χ3v) is 4.49. The van der Waals surface area contributed by atoms with Gasteiger partial charge in [-0.2, -0.15) is 0 Å². The lowest BCUT2D eigenvalue weighted by Crippen LogP contribution is -2.38. The summed E-state index contributed by atoms with van der Waals surface area (Å²) < 4.78 is 5.69. The van der Waals surface area contributed by atoms with Crippen molar-refractivity contribution >= 4 is 39.1 Å². The van der Waals surface area contributed by atoms with Crippen molar-refractivity contribution in [3.05, 3.63) is 20.8 Å². The predicted molar refractivity (Wildman–Crippen MR) is 72.7 cm³/mol. The average Bonchev–Trinajstić information content (AvgIpc) is 3.08. The van der Waals surface area contributed by atoms with Crippen molar-refractivity contribution in [2.75, 3.05) is 13.2 Å². The van der Waals surface area contributed by atoms with Gasteiger partial charge in [0, 0.05) is 10.5 Å². The summed E-state index contributed by atoms with van der Waals surface area (Å²) in [5, 5.41) is 1.85. The first kappa shape index (κ1) is 13.5. The molecule has 0 aliphatic heterocycles. The zero-order valence-electron chi connectivity index (χ0n) is 10.0. The molecule has 1 aliphatic rings. The summed E-state index contributed by atoms with van der Waals surface area (Å²) in [7, 11) is 0. The number of hydrogen-bond acceptors (Lipinski definition) is 4. The molecule has 0 bridgehead atoms. The number of esters is 1. The van der Waals surface area contributed by atoms with Crippen LogP contribution in [0, 0.1) is 0 Å². The van der Waals surface area contributed by atoms with Gasteiger partial charge in [0.1, 0.15) is 11.4 Å². The van der Waals surface area contributed by atoms with E-state index in [2.05, 4.69) is 15.9 Å². The molecular formula is C12H14BrNO3S. The molecule has 0 saturated heterocycles. The van der Waals surface area contributed by atoms with E-state index in [4.69, 9.17) is 4.74 Å². The molecule has 98 valence electrons. The van der Waals surface area contributed by atoms with Gasteiger partial charge in [0.15, 0.2) is 0 Å². The van der Waals surface area contributed by atoms with E-state index >= 15 is 0 Å². The summed E-state index contributed by atoms with van der Waals surface area (Å²) in [6, 6.07) is 2.03. The predicted octanol–water partition coefficient (Wildman–Crippen LogP) is 2.68. The molecule has 4 nitrogen and oxygen atoms in total. The zero-order valence-corrected chi connectivity index (χ0v) is 12.4. The van der Waals surface area contributed by atoms with Crippen LogP contribution in [0.25, 0.3) is 0 Å². The molecule has 0 N–H and O–H groups in total. The van der Waals surface area contributed by atoms with Crippen LogP contribution in [-0.4, -0.2) is 36.0 Å². The first-order valence-corrected chi connectivity index (χ1v) is 7.50. The highest BCUT2D eigenvalue weighted by Gasteiger charge is 2.35. The highest BCUT2D eigenvalue weighted by atomic mass is 79.9. The Morgan fingerprint density at radius 2 is 2.28 bits per heavy atom. The summed E-state index contributed by atoms with van der Waals surface area (Å²) in [5.74, 6) is -0.433. The Morgan fingerprint density at radius 1 is 1.56 bits per heavy atom. The van der Waals surface area contributed by atoms with Gasteiger partial charge in [-0.3, -0.25) is 9.59 Å². The number of hydrogen-bond donors (Lipinski definition) is 0. The van der Waals surface area contributed by atoms with Gasteiger partial charge in [0.25, 0.3) is 5.91 Å². The molecule has 1 aromatic heterocycles. The second kappa shape index (κ2) is 5.84.